The lowest BCUT2D eigenvalue weighted by Gasteiger charge is -2.22. The molecule has 29 heavy (non-hydrogen) atoms. The lowest BCUT2D eigenvalue weighted by molar-refractivity contribution is -0.160. The fourth-order valence-corrected chi connectivity index (χ4v) is 2.40. The van der Waals surface area contributed by atoms with Gasteiger partial charge in [-0.25, -0.2) is 4.79 Å². The molecule has 0 aromatic heterocycles. The average molecular weight is 408 g/mol. The predicted octanol–water partition coefficient (Wildman–Crippen LogP) is 0.118. The molecule has 0 fully saturated rings. The number of benzene rings is 1. The van der Waals surface area contributed by atoms with Crippen molar-refractivity contribution in [3.8, 4) is 0 Å². The van der Waals surface area contributed by atoms with Crippen molar-refractivity contribution in [3.05, 3.63) is 35.9 Å². The summed E-state index contributed by atoms with van der Waals surface area (Å²) in [6.07, 6.45) is -0.583. The van der Waals surface area contributed by atoms with Crippen LogP contribution in [0.5, 0.6) is 0 Å². The van der Waals surface area contributed by atoms with E-state index in [-0.39, 0.29) is 13.2 Å². The Labute approximate surface area is 167 Å². The summed E-state index contributed by atoms with van der Waals surface area (Å²) < 4.78 is 9.57. The summed E-state index contributed by atoms with van der Waals surface area (Å²) in [6.45, 7) is 2.57. The Morgan fingerprint density at radius 1 is 1.00 bits per heavy atom. The van der Waals surface area contributed by atoms with Crippen LogP contribution in [0.25, 0.3) is 0 Å². The highest BCUT2D eigenvalue weighted by Gasteiger charge is 2.38. The first kappa shape index (κ1) is 23.6. The van der Waals surface area contributed by atoms with Crippen LogP contribution in [-0.4, -0.2) is 60.6 Å². The maximum Gasteiger partial charge on any atom is 0.327 e. The molecule has 1 aromatic carbocycles. The monoisotopic (exact) mass is 408 g/mol. The molecule has 158 valence electrons. The molecule has 0 aliphatic rings. The van der Waals surface area contributed by atoms with Gasteiger partial charge in [-0.2, -0.15) is 0 Å². The Hall–Kier alpha value is -3.43. The molecular formula is C19H24N2O8. The van der Waals surface area contributed by atoms with Gasteiger partial charge < -0.3 is 25.2 Å². The minimum absolute atomic E-state index is 0.0361. The molecule has 0 unspecified atom stereocenters. The van der Waals surface area contributed by atoms with Gasteiger partial charge in [-0.3, -0.25) is 19.2 Å². The second-order valence-electron chi connectivity index (χ2n) is 5.80. The first-order valence-electron chi connectivity index (χ1n) is 8.97. The number of carboxylic acids is 1. The number of ether oxygens (including phenoxy) is 2. The molecule has 0 aliphatic carbocycles. The molecule has 0 radical (unpaired) electrons. The molecular weight excluding hydrogens is 384 g/mol. The van der Waals surface area contributed by atoms with Gasteiger partial charge >= 0.3 is 17.9 Å². The number of rotatable bonds is 11. The Bertz CT molecular complexity index is 735. The van der Waals surface area contributed by atoms with Gasteiger partial charge in [0.25, 0.3) is 5.91 Å². The molecule has 1 rings (SSSR count). The number of carboxylic acid groups (broad SMARTS) is 1. The predicted molar refractivity (Wildman–Crippen MR) is 99.7 cm³/mol. The Balaban J connectivity index is 2.81. The molecule has 3 N–H and O–H groups in total. The van der Waals surface area contributed by atoms with Crippen molar-refractivity contribution in [2.24, 2.45) is 5.92 Å². The van der Waals surface area contributed by atoms with E-state index in [1.807, 2.05) is 0 Å². The molecule has 2 amide bonds. The van der Waals surface area contributed by atoms with Gasteiger partial charge in [0.05, 0.1) is 32.1 Å². The fourth-order valence-electron chi connectivity index (χ4n) is 2.40. The van der Waals surface area contributed by atoms with Gasteiger partial charge in [0, 0.05) is 5.56 Å². The van der Waals surface area contributed by atoms with E-state index in [4.69, 9.17) is 9.47 Å². The third kappa shape index (κ3) is 7.99. The van der Waals surface area contributed by atoms with Crippen LogP contribution in [0.2, 0.25) is 0 Å². The number of hydrogen-bond acceptors (Lipinski definition) is 7. The zero-order valence-corrected chi connectivity index (χ0v) is 16.2. The van der Waals surface area contributed by atoms with Crippen molar-refractivity contribution in [2.75, 3.05) is 19.8 Å². The molecule has 10 heteroatoms. The third-order valence-corrected chi connectivity index (χ3v) is 3.71. The van der Waals surface area contributed by atoms with Gasteiger partial charge in [0.2, 0.25) is 5.91 Å². The van der Waals surface area contributed by atoms with Gasteiger partial charge in [0.1, 0.15) is 6.04 Å². The van der Waals surface area contributed by atoms with Gasteiger partial charge in [-0.05, 0) is 26.0 Å². The van der Waals surface area contributed by atoms with E-state index in [2.05, 4.69) is 10.6 Å². The molecule has 0 saturated carbocycles. The fraction of sp³-hybridized carbons (Fsp3) is 0.421. The summed E-state index contributed by atoms with van der Waals surface area (Å²) in [4.78, 5) is 59.6. The normalized spacial score (nSPS) is 12.2. The number of nitrogens with one attached hydrogen (secondary N) is 2. The Kier molecular flexibility index (Phi) is 9.86. The zero-order chi connectivity index (χ0) is 21.8. The summed E-state index contributed by atoms with van der Waals surface area (Å²) >= 11 is 0. The van der Waals surface area contributed by atoms with Crippen molar-refractivity contribution in [2.45, 2.75) is 26.3 Å². The second kappa shape index (κ2) is 12.1. The van der Waals surface area contributed by atoms with Crippen LogP contribution in [-0.2, 0) is 28.7 Å². The highest BCUT2D eigenvalue weighted by molar-refractivity contribution is 5.97. The summed E-state index contributed by atoms with van der Waals surface area (Å²) in [5.74, 6) is -6.15. The number of aliphatic carboxylic acids is 1. The van der Waals surface area contributed by atoms with E-state index < -0.39 is 54.6 Å². The number of carbonyl (C=O) groups is 5. The standard InChI is InChI=1S/C19H24N2O8/c1-3-28-15(23)10-13(19(27)29-4-2)16(18(25)26)21-14(22)11-20-17(24)12-8-6-5-7-9-12/h5-9,13,16H,3-4,10-11H2,1-2H3,(H,20,24)(H,21,22)(H,25,26)/t13-,16+/m1/s1. The lowest BCUT2D eigenvalue weighted by atomic mass is 9.96. The van der Waals surface area contributed by atoms with Crippen LogP contribution in [0.3, 0.4) is 0 Å². The van der Waals surface area contributed by atoms with Gasteiger partial charge in [-0.15, -0.1) is 0 Å². The van der Waals surface area contributed by atoms with E-state index in [1.165, 1.54) is 6.92 Å². The van der Waals surface area contributed by atoms with Crippen molar-refractivity contribution in [3.63, 3.8) is 0 Å². The number of esters is 2. The van der Waals surface area contributed by atoms with Crippen molar-refractivity contribution in [1.29, 1.82) is 0 Å². The van der Waals surface area contributed by atoms with E-state index in [0.717, 1.165) is 0 Å². The number of hydrogen-bond donors (Lipinski definition) is 3. The van der Waals surface area contributed by atoms with Gasteiger partial charge in [0.15, 0.2) is 0 Å². The van der Waals surface area contributed by atoms with Crippen LogP contribution in [0, 0.1) is 5.92 Å². The number of amides is 2. The lowest BCUT2D eigenvalue weighted by Crippen LogP contribution is -2.52. The molecule has 0 spiro atoms. The highest BCUT2D eigenvalue weighted by atomic mass is 16.5. The quantitative estimate of drug-likeness (QED) is 0.437. The van der Waals surface area contributed by atoms with Crippen LogP contribution >= 0.6 is 0 Å². The molecule has 0 heterocycles. The summed E-state index contributed by atoms with van der Waals surface area (Å²) in [5.41, 5.74) is 0.321. The average Bonchev–Trinajstić information content (AvgIpc) is 2.69. The third-order valence-electron chi connectivity index (χ3n) is 3.71. The van der Waals surface area contributed by atoms with Crippen LogP contribution in [0.15, 0.2) is 30.3 Å². The first-order valence-corrected chi connectivity index (χ1v) is 8.97. The number of carbonyl (C=O) groups excluding carboxylic acids is 4. The first-order chi connectivity index (χ1) is 13.8. The van der Waals surface area contributed by atoms with Crippen LogP contribution < -0.4 is 10.6 Å². The Morgan fingerprint density at radius 2 is 1.62 bits per heavy atom. The smallest absolute Gasteiger partial charge is 0.327 e. The molecule has 2 atom stereocenters. The molecule has 10 nitrogen and oxygen atoms in total. The van der Waals surface area contributed by atoms with E-state index in [1.54, 1.807) is 37.3 Å². The maximum absolute atomic E-state index is 12.1. The summed E-state index contributed by atoms with van der Waals surface area (Å²) in [5, 5.41) is 13.9. The minimum atomic E-state index is -1.74. The minimum Gasteiger partial charge on any atom is -0.480 e. The highest BCUT2D eigenvalue weighted by Crippen LogP contribution is 2.14. The zero-order valence-electron chi connectivity index (χ0n) is 16.2. The Morgan fingerprint density at radius 3 is 2.17 bits per heavy atom. The van der Waals surface area contributed by atoms with Crippen LogP contribution in [0.4, 0.5) is 0 Å². The SMILES string of the molecule is CCOC(=O)C[C@@H](C(=O)OCC)[C@H](NC(=O)CNC(=O)c1ccccc1)C(=O)O. The molecule has 0 bridgehead atoms. The van der Waals surface area contributed by atoms with Crippen molar-refractivity contribution in [1.82, 2.24) is 10.6 Å². The van der Waals surface area contributed by atoms with Crippen LogP contribution in [0.1, 0.15) is 30.6 Å². The molecule has 1 aromatic rings. The van der Waals surface area contributed by atoms with E-state index in [9.17, 15) is 29.1 Å². The largest absolute Gasteiger partial charge is 0.480 e. The van der Waals surface area contributed by atoms with Gasteiger partial charge in [-0.1, -0.05) is 18.2 Å². The van der Waals surface area contributed by atoms with Crippen molar-refractivity contribution < 1.29 is 38.6 Å². The second-order valence-corrected chi connectivity index (χ2v) is 5.80. The van der Waals surface area contributed by atoms with E-state index >= 15 is 0 Å². The molecule has 0 aliphatic heterocycles. The summed E-state index contributed by atoms with van der Waals surface area (Å²) in [7, 11) is 0. The molecule has 0 saturated heterocycles. The summed E-state index contributed by atoms with van der Waals surface area (Å²) in [6, 6.07) is 6.37. The van der Waals surface area contributed by atoms with E-state index in [0.29, 0.717) is 5.56 Å². The maximum atomic E-state index is 12.1. The van der Waals surface area contributed by atoms with Crippen molar-refractivity contribution >= 4 is 29.7 Å². The topological polar surface area (TPSA) is 148 Å².